The second kappa shape index (κ2) is 8.05. The lowest BCUT2D eigenvalue weighted by Gasteiger charge is -2.26. The van der Waals surface area contributed by atoms with E-state index in [0.717, 1.165) is 15.6 Å². The maximum atomic E-state index is 12.6. The molecule has 2 heterocycles. The molecule has 7 heteroatoms. The summed E-state index contributed by atoms with van der Waals surface area (Å²) in [6.07, 6.45) is 3.24. The first-order chi connectivity index (χ1) is 14.0. The monoisotopic (exact) mass is 452 g/mol. The fourth-order valence-corrected chi connectivity index (χ4v) is 3.65. The van der Waals surface area contributed by atoms with Crippen LogP contribution in [0.1, 0.15) is 44.4 Å². The van der Waals surface area contributed by atoms with Crippen molar-refractivity contribution in [3.05, 3.63) is 87.7 Å². The number of rotatable bonds is 5. The quantitative estimate of drug-likeness (QED) is 0.625. The standard InChI is InChI=1S/C22H17BrN2O4/c23-18-11-25-8-7-16(18)21-10-19(26)17-6-5-15(9-20(17)29-21)28-12-13-1-3-14(4-2-13)22(24)27/h1-9,11,21H,10,12H2,(H2,24,27). The second-order valence-electron chi connectivity index (χ2n) is 6.64. The molecular weight excluding hydrogens is 436 g/mol. The number of benzene rings is 2. The van der Waals surface area contributed by atoms with Gasteiger partial charge in [0.1, 0.15) is 24.2 Å². The van der Waals surface area contributed by atoms with Crippen LogP contribution in [0.15, 0.2) is 65.4 Å². The SMILES string of the molecule is NC(=O)c1ccc(COc2ccc3c(c2)OC(c2ccncc2Br)CC3=O)cc1. The summed E-state index contributed by atoms with van der Waals surface area (Å²) in [7, 11) is 0. The summed E-state index contributed by atoms with van der Waals surface area (Å²) in [6.45, 7) is 0.311. The molecule has 0 aliphatic carbocycles. The lowest BCUT2D eigenvalue weighted by molar-refractivity contribution is 0.0847. The van der Waals surface area contributed by atoms with Gasteiger partial charge in [0, 0.05) is 34.1 Å². The van der Waals surface area contributed by atoms with E-state index >= 15 is 0 Å². The van der Waals surface area contributed by atoms with Crippen LogP contribution in [-0.2, 0) is 6.61 Å². The lowest BCUT2D eigenvalue weighted by Crippen LogP contribution is -2.20. The second-order valence-corrected chi connectivity index (χ2v) is 7.49. The number of amides is 1. The van der Waals surface area contributed by atoms with E-state index in [4.69, 9.17) is 15.2 Å². The summed E-state index contributed by atoms with van der Waals surface area (Å²) in [4.78, 5) is 27.8. The summed E-state index contributed by atoms with van der Waals surface area (Å²) in [5.41, 5.74) is 8.01. The van der Waals surface area contributed by atoms with Gasteiger partial charge in [0.15, 0.2) is 5.78 Å². The Morgan fingerprint density at radius 2 is 2.00 bits per heavy atom. The largest absolute Gasteiger partial charge is 0.489 e. The molecule has 146 valence electrons. The maximum absolute atomic E-state index is 12.6. The Kier molecular flexibility index (Phi) is 5.31. The van der Waals surface area contributed by atoms with Crippen molar-refractivity contribution in [3.8, 4) is 11.5 Å². The first-order valence-electron chi connectivity index (χ1n) is 8.96. The molecular formula is C22H17BrN2O4. The summed E-state index contributed by atoms with van der Waals surface area (Å²) in [6, 6.07) is 13.9. The molecule has 1 atom stereocenters. The maximum Gasteiger partial charge on any atom is 0.248 e. The fraction of sp³-hybridized carbons (Fsp3) is 0.136. The van der Waals surface area contributed by atoms with Gasteiger partial charge in [0.05, 0.1) is 12.0 Å². The number of primary amides is 1. The van der Waals surface area contributed by atoms with Crippen molar-refractivity contribution in [2.45, 2.75) is 19.1 Å². The van der Waals surface area contributed by atoms with Crippen LogP contribution in [0.5, 0.6) is 11.5 Å². The highest BCUT2D eigenvalue weighted by atomic mass is 79.9. The number of pyridine rings is 1. The molecule has 1 aromatic heterocycles. The van der Waals surface area contributed by atoms with E-state index in [1.807, 2.05) is 6.07 Å². The summed E-state index contributed by atoms with van der Waals surface area (Å²) >= 11 is 3.46. The van der Waals surface area contributed by atoms with Crippen LogP contribution >= 0.6 is 15.9 Å². The highest BCUT2D eigenvalue weighted by molar-refractivity contribution is 9.10. The van der Waals surface area contributed by atoms with Gasteiger partial charge in [-0.1, -0.05) is 12.1 Å². The van der Waals surface area contributed by atoms with E-state index in [-0.39, 0.29) is 18.3 Å². The molecule has 2 N–H and O–H groups in total. The van der Waals surface area contributed by atoms with Gasteiger partial charge in [-0.25, -0.2) is 0 Å². The Morgan fingerprint density at radius 1 is 1.21 bits per heavy atom. The molecule has 0 saturated heterocycles. The molecule has 4 rings (SSSR count). The molecule has 29 heavy (non-hydrogen) atoms. The highest BCUT2D eigenvalue weighted by Crippen LogP contribution is 2.38. The number of ether oxygens (including phenoxy) is 2. The molecule has 0 saturated carbocycles. The van der Waals surface area contributed by atoms with Gasteiger partial charge >= 0.3 is 0 Å². The predicted molar refractivity (Wildman–Crippen MR) is 110 cm³/mol. The number of carbonyl (C=O) groups excluding carboxylic acids is 2. The van der Waals surface area contributed by atoms with E-state index < -0.39 is 5.91 Å². The summed E-state index contributed by atoms with van der Waals surface area (Å²) in [5, 5.41) is 0. The molecule has 0 spiro atoms. The Bertz CT molecular complexity index is 1080. The third-order valence-electron chi connectivity index (χ3n) is 4.69. The first kappa shape index (κ1) is 19.1. The Morgan fingerprint density at radius 3 is 2.72 bits per heavy atom. The van der Waals surface area contributed by atoms with Crippen LogP contribution in [0.3, 0.4) is 0 Å². The van der Waals surface area contributed by atoms with E-state index in [1.54, 1.807) is 54.9 Å². The van der Waals surface area contributed by atoms with Crippen LogP contribution in [0.4, 0.5) is 0 Å². The average Bonchev–Trinajstić information content (AvgIpc) is 2.72. The molecule has 0 fully saturated rings. The number of fused-ring (bicyclic) bond motifs is 1. The van der Waals surface area contributed by atoms with E-state index in [1.165, 1.54) is 0 Å². The molecule has 6 nitrogen and oxygen atoms in total. The molecule has 0 radical (unpaired) electrons. The van der Waals surface area contributed by atoms with E-state index in [0.29, 0.717) is 29.2 Å². The van der Waals surface area contributed by atoms with Crippen molar-refractivity contribution in [1.29, 1.82) is 0 Å². The Hall–Kier alpha value is -3.19. The molecule has 0 bridgehead atoms. The normalized spacial score (nSPS) is 15.3. The number of hydrogen-bond acceptors (Lipinski definition) is 5. The van der Waals surface area contributed by atoms with E-state index in [9.17, 15) is 9.59 Å². The van der Waals surface area contributed by atoms with Crippen molar-refractivity contribution in [2.24, 2.45) is 5.73 Å². The molecule has 1 aliphatic heterocycles. The summed E-state index contributed by atoms with van der Waals surface area (Å²) in [5.74, 6) is 0.638. The number of aromatic nitrogens is 1. The van der Waals surface area contributed by atoms with Gasteiger partial charge in [-0.3, -0.25) is 14.6 Å². The van der Waals surface area contributed by atoms with Gasteiger partial charge in [0.25, 0.3) is 0 Å². The predicted octanol–water partition coefficient (Wildman–Crippen LogP) is 4.23. The number of nitrogens with zero attached hydrogens (tertiary/aromatic N) is 1. The molecule has 3 aromatic rings. The van der Waals surface area contributed by atoms with Crippen molar-refractivity contribution >= 4 is 27.6 Å². The third kappa shape index (κ3) is 4.14. The third-order valence-corrected chi connectivity index (χ3v) is 5.35. The van der Waals surface area contributed by atoms with Crippen molar-refractivity contribution < 1.29 is 19.1 Å². The average molecular weight is 453 g/mol. The number of Topliss-reactive ketones (excluding diaryl/α,β-unsaturated/α-hetero) is 1. The number of ketones is 1. The smallest absolute Gasteiger partial charge is 0.248 e. The Balaban J connectivity index is 1.50. The zero-order chi connectivity index (χ0) is 20.4. The summed E-state index contributed by atoms with van der Waals surface area (Å²) < 4.78 is 12.7. The minimum atomic E-state index is -0.468. The minimum Gasteiger partial charge on any atom is -0.489 e. The van der Waals surface area contributed by atoms with Crippen molar-refractivity contribution in [3.63, 3.8) is 0 Å². The van der Waals surface area contributed by atoms with Gasteiger partial charge in [-0.15, -0.1) is 0 Å². The zero-order valence-corrected chi connectivity index (χ0v) is 16.9. The zero-order valence-electron chi connectivity index (χ0n) is 15.3. The molecule has 1 unspecified atom stereocenters. The van der Waals surface area contributed by atoms with Crippen LogP contribution in [0, 0.1) is 0 Å². The Labute approximate surface area is 175 Å². The molecule has 2 aromatic carbocycles. The van der Waals surface area contributed by atoms with Gasteiger partial charge in [-0.2, -0.15) is 0 Å². The number of halogens is 1. The van der Waals surface area contributed by atoms with Crippen LogP contribution in [0.2, 0.25) is 0 Å². The number of carbonyl (C=O) groups is 2. The minimum absolute atomic E-state index is 0.0218. The molecule has 1 amide bonds. The van der Waals surface area contributed by atoms with Crippen molar-refractivity contribution in [1.82, 2.24) is 4.98 Å². The van der Waals surface area contributed by atoms with Crippen molar-refractivity contribution in [2.75, 3.05) is 0 Å². The van der Waals surface area contributed by atoms with E-state index in [2.05, 4.69) is 20.9 Å². The topological polar surface area (TPSA) is 91.5 Å². The number of nitrogens with two attached hydrogens (primary N) is 1. The van der Waals surface area contributed by atoms with Crippen LogP contribution in [0.25, 0.3) is 0 Å². The van der Waals surface area contributed by atoms with Crippen LogP contribution in [-0.4, -0.2) is 16.7 Å². The first-order valence-corrected chi connectivity index (χ1v) is 9.75. The van der Waals surface area contributed by atoms with Gasteiger partial charge in [0.2, 0.25) is 5.91 Å². The lowest BCUT2D eigenvalue weighted by atomic mass is 9.97. The number of hydrogen-bond donors (Lipinski definition) is 1. The van der Waals surface area contributed by atoms with Crippen LogP contribution < -0.4 is 15.2 Å². The van der Waals surface area contributed by atoms with Gasteiger partial charge in [-0.05, 0) is 51.8 Å². The molecule has 1 aliphatic rings. The van der Waals surface area contributed by atoms with Gasteiger partial charge < -0.3 is 15.2 Å². The highest BCUT2D eigenvalue weighted by Gasteiger charge is 2.29. The fourth-order valence-electron chi connectivity index (χ4n) is 3.15.